The molecule has 0 atom stereocenters. The molecule has 1 aromatic heterocycles. The Morgan fingerprint density at radius 3 is 2.45 bits per heavy atom. The molecule has 6 nitrogen and oxygen atoms in total. The number of hydrogen-bond acceptors (Lipinski definition) is 4. The number of rotatable bonds is 4. The number of aromatic nitrogens is 1. The number of benzene rings is 1. The maximum absolute atomic E-state index is 13.1. The molecule has 1 heterocycles. The van der Waals surface area contributed by atoms with Crippen molar-refractivity contribution >= 4 is 23.7 Å². The number of ether oxygens (including phenoxy) is 1. The number of alkyl halides is 3. The summed E-state index contributed by atoms with van der Waals surface area (Å²) in [5, 5.41) is 11.5. The highest BCUT2D eigenvalue weighted by Gasteiger charge is 2.28. The largest absolute Gasteiger partial charge is 0.506 e. The summed E-state index contributed by atoms with van der Waals surface area (Å²) in [6.45, 7) is 0. The maximum Gasteiger partial charge on any atom is 0.393 e. The van der Waals surface area contributed by atoms with Crippen molar-refractivity contribution in [3.63, 3.8) is 0 Å². The summed E-state index contributed by atoms with van der Waals surface area (Å²) < 4.78 is 44.1. The molecule has 1 aromatic carbocycles. The molecule has 0 radical (unpaired) electrons. The molecule has 31 heavy (non-hydrogen) atoms. The molecule has 1 N–H and O–H groups in total. The Morgan fingerprint density at radius 2 is 1.87 bits per heavy atom. The van der Waals surface area contributed by atoms with E-state index in [2.05, 4.69) is 0 Å². The quantitative estimate of drug-likeness (QED) is 0.799. The number of allylic oxidation sites excluding steroid dienone is 2. The molecule has 1 aliphatic carbocycles. The third-order valence-electron chi connectivity index (χ3n) is 5.05. The van der Waals surface area contributed by atoms with Gasteiger partial charge in [-0.1, -0.05) is 18.2 Å². The Hall–Kier alpha value is -3.49. The van der Waals surface area contributed by atoms with Crippen LogP contribution in [0.25, 0.3) is 12.2 Å². The molecule has 0 fully saturated rings. The van der Waals surface area contributed by atoms with E-state index in [1.165, 1.54) is 56.1 Å². The van der Waals surface area contributed by atoms with E-state index in [0.29, 0.717) is 17.5 Å². The van der Waals surface area contributed by atoms with E-state index in [0.717, 1.165) is 4.90 Å². The predicted octanol–water partition coefficient (Wildman–Crippen LogP) is 1.97. The second-order valence-corrected chi connectivity index (χ2v) is 7.10. The zero-order chi connectivity index (χ0) is 22.9. The van der Waals surface area contributed by atoms with Crippen LogP contribution < -0.4 is 21.0 Å². The zero-order valence-corrected chi connectivity index (χ0v) is 17.2. The molecular weight excluding hydrogens is 413 g/mol. The van der Waals surface area contributed by atoms with Gasteiger partial charge in [-0.15, -0.1) is 0 Å². The van der Waals surface area contributed by atoms with Gasteiger partial charge < -0.3 is 19.3 Å². The average molecular weight is 434 g/mol. The topological polar surface area (TPSA) is 71.8 Å². The molecular formula is C22H21F3N2O4. The van der Waals surface area contributed by atoms with Crippen molar-refractivity contribution in [2.75, 3.05) is 19.1 Å². The summed E-state index contributed by atoms with van der Waals surface area (Å²) in [5.74, 6) is -0.800. The first-order valence-corrected chi connectivity index (χ1v) is 9.35. The van der Waals surface area contributed by atoms with E-state index < -0.39 is 35.4 Å². The number of amides is 1. The molecule has 0 saturated heterocycles. The summed E-state index contributed by atoms with van der Waals surface area (Å²) in [4.78, 5) is 27.0. The van der Waals surface area contributed by atoms with Gasteiger partial charge in [0.25, 0.3) is 11.5 Å². The van der Waals surface area contributed by atoms with Crippen LogP contribution in [0.2, 0.25) is 0 Å². The van der Waals surface area contributed by atoms with Crippen LogP contribution >= 0.6 is 0 Å². The van der Waals surface area contributed by atoms with Gasteiger partial charge in [-0.05, 0) is 36.3 Å². The molecule has 0 bridgehead atoms. The van der Waals surface area contributed by atoms with E-state index in [9.17, 15) is 27.9 Å². The van der Waals surface area contributed by atoms with Crippen LogP contribution in [0.4, 0.5) is 18.9 Å². The fraction of sp³-hybridized carbons (Fsp3) is 0.273. The van der Waals surface area contributed by atoms with Gasteiger partial charge >= 0.3 is 6.18 Å². The number of carbonyl (C=O) groups is 1. The fourth-order valence-electron chi connectivity index (χ4n) is 3.38. The molecule has 9 heteroatoms. The number of halogens is 3. The van der Waals surface area contributed by atoms with Crippen molar-refractivity contribution in [2.24, 2.45) is 7.05 Å². The highest BCUT2D eigenvalue weighted by atomic mass is 19.4. The van der Waals surface area contributed by atoms with E-state index >= 15 is 0 Å². The third-order valence-corrected chi connectivity index (χ3v) is 5.05. The van der Waals surface area contributed by atoms with E-state index in [1.54, 1.807) is 12.2 Å². The van der Waals surface area contributed by atoms with Crippen molar-refractivity contribution < 1.29 is 27.8 Å². The van der Waals surface area contributed by atoms with Crippen molar-refractivity contribution in [1.29, 1.82) is 0 Å². The standard InChI is InChI=1S/C22H21F3N2O4/c1-26(14-9-7-13(8-10-14)12-22(23,24)25)20(29)18-19(28)16-11-15(31-3)5-4-6-17(16)27(2)21(18)30/h5-11,28H,4,12H2,1-3H3. The van der Waals surface area contributed by atoms with Crippen molar-refractivity contribution in [3.8, 4) is 5.75 Å². The summed E-state index contributed by atoms with van der Waals surface area (Å²) in [5.41, 5.74) is -0.803. The number of fused-ring (bicyclic) bond motifs is 1. The van der Waals surface area contributed by atoms with Crippen LogP contribution in [0, 0.1) is 0 Å². The number of nitrogens with zero attached hydrogens (tertiary/aromatic N) is 2. The lowest BCUT2D eigenvalue weighted by Crippen LogP contribution is -2.46. The van der Waals surface area contributed by atoms with Crippen LogP contribution in [0.5, 0.6) is 5.75 Å². The van der Waals surface area contributed by atoms with Crippen molar-refractivity contribution in [1.82, 2.24) is 4.57 Å². The van der Waals surface area contributed by atoms with E-state index in [-0.39, 0.29) is 16.5 Å². The smallest absolute Gasteiger partial charge is 0.393 e. The Balaban J connectivity index is 2.05. The number of pyridine rings is 1. The first-order valence-electron chi connectivity index (χ1n) is 9.35. The lowest BCUT2D eigenvalue weighted by atomic mass is 10.1. The lowest BCUT2D eigenvalue weighted by Gasteiger charge is -2.19. The second-order valence-electron chi connectivity index (χ2n) is 7.10. The van der Waals surface area contributed by atoms with Crippen LogP contribution in [0.15, 0.2) is 40.9 Å². The monoisotopic (exact) mass is 434 g/mol. The summed E-state index contributed by atoms with van der Waals surface area (Å²) >= 11 is 0. The third kappa shape index (κ3) is 4.50. The SMILES string of the molecule is COC1=CCC=c2c(c(O)c(C(=O)N(C)c3ccc(CC(F)(F)F)cc3)c(=O)n2C)=C1. The minimum atomic E-state index is -4.34. The van der Waals surface area contributed by atoms with Crippen LogP contribution in [-0.2, 0) is 18.2 Å². The highest BCUT2D eigenvalue weighted by molar-refractivity contribution is 6.07. The minimum absolute atomic E-state index is 0.0462. The normalized spacial score (nSPS) is 13.3. The fourth-order valence-corrected chi connectivity index (χ4v) is 3.38. The van der Waals surface area contributed by atoms with Crippen molar-refractivity contribution in [2.45, 2.75) is 19.0 Å². The van der Waals surface area contributed by atoms with Gasteiger partial charge in [0.2, 0.25) is 0 Å². The first-order chi connectivity index (χ1) is 14.5. The maximum atomic E-state index is 13.1. The van der Waals surface area contributed by atoms with Gasteiger partial charge in [0, 0.05) is 25.0 Å². The molecule has 0 unspecified atom stereocenters. The Bertz CT molecular complexity index is 1230. The molecule has 1 aliphatic rings. The average Bonchev–Trinajstić information content (AvgIpc) is 2.94. The first kappa shape index (κ1) is 22.2. The highest BCUT2D eigenvalue weighted by Crippen LogP contribution is 2.24. The number of carbonyl (C=O) groups excluding carboxylic acids is 1. The number of aromatic hydroxyl groups is 1. The molecule has 0 aliphatic heterocycles. The van der Waals surface area contributed by atoms with E-state index in [1.807, 2.05) is 0 Å². The van der Waals surface area contributed by atoms with Crippen molar-refractivity contribution in [3.05, 3.63) is 68.1 Å². The molecule has 0 spiro atoms. The van der Waals surface area contributed by atoms with Crippen LogP contribution in [0.3, 0.4) is 0 Å². The summed E-state index contributed by atoms with van der Waals surface area (Å²) in [6, 6.07) is 5.24. The van der Waals surface area contributed by atoms with Gasteiger partial charge in [-0.3, -0.25) is 9.59 Å². The number of hydrogen-bond donors (Lipinski definition) is 1. The molecule has 3 rings (SSSR count). The molecule has 2 aromatic rings. The van der Waals surface area contributed by atoms with Crippen LogP contribution in [-0.4, -0.2) is 35.9 Å². The Kier molecular flexibility index (Phi) is 5.97. The summed E-state index contributed by atoms with van der Waals surface area (Å²) in [7, 11) is 4.34. The Labute approximate surface area is 175 Å². The second kappa shape index (κ2) is 8.33. The van der Waals surface area contributed by atoms with E-state index in [4.69, 9.17) is 4.74 Å². The predicted molar refractivity (Wildman–Crippen MR) is 110 cm³/mol. The van der Waals surface area contributed by atoms with Crippen LogP contribution in [0.1, 0.15) is 22.3 Å². The number of methoxy groups -OCH3 is 1. The molecule has 0 saturated carbocycles. The number of anilines is 1. The van der Waals surface area contributed by atoms with Gasteiger partial charge in [0.05, 0.1) is 18.9 Å². The molecule has 1 amide bonds. The van der Waals surface area contributed by atoms with Gasteiger partial charge in [-0.25, -0.2) is 0 Å². The lowest BCUT2D eigenvalue weighted by molar-refractivity contribution is -0.127. The minimum Gasteiger partial charge on any atom is -0.506 e. The summed E-state index contributed by atoms with van der Waals surface area (Å²) in [6.07, 6.45) is 0.0778. The van der Waals surface area contributed by atoms with Gasteiger partial charge in [0.15, 0.2) is 0 Å². The zero-order valence-electron chi connectivity index (χ0n) is 17.2. The molecule has 164 valence electrons. The Morgan fingerprint density at radius 1 is 1.23 bits per heavy atom. The van der Waals surface area contributed by atoms with Gasteiger partial charge in [-0.2, -0.15) is 13.2 Å². The van der Waals surface area contributed by atoms with Gasteiger partial charge in [0.1, 0.15) is 17.1 Å².